The first kappa shape index (κ1) is 18.3. The fourth-order valence-corrected chi connectivity index (χ4v) is 2.23. The van der Waals surface area contributed by atoms with Crippen molar-refractivity contribution in [1.82, 2.24) is 5.32 Å². The molecule has 1 atom stereocenters. The third kappa shape index (κ3) is 6.14. The van der Waals surface area contributed by atoms with E-state index < -0.39 is 6.09 Å². The van der Waals surface area contributed by atoms with Crippen molar-refractivity contribution >= 4 is 17.7 Å². The van der Waals surface area contributed by atoms with E-state index >= 15 is 0 Å². The van der Waals surface area contributed by atoms with Gasteiger partial charge in [-0.3, -0.25) is 4.79 Å². The summed E-state index contributed by atoms with van der Waals surface area (Å²) in [7, 11) is 0. The van der Waals surface area contributed by atoms with Gasteiger partial charge in [0.05, 0.1) is 0 Å². The standard InChI is InChI=1S/C20H22N2O3/c1-14(2)19(23)22-17-10-7-11-18(13-17)25-20(24)21-15(3)12-16-8-5-4-6-9-16/h4-11,13,15H,1,12H2,2-3H3,(H,21,24)(H,22,23). The highest BCUT2D eigenvalue weighted by Gasteiger charge is 2.11. The van der Waals surface area contributed by atoms with Gasteiger partial charge in [0.25, 0.3) is 5.91 Å². The largest absolute Gasteiger partial charge is 0.412 e. The number of anilines is 1. The Hall–Kier alpha value is -3.08. The molecule has 130 valence electrons. The van der Waals surface area contributed by atoms with Crippen LogP contribution in [0.15, 0.2) is 66.7 Å². The summed E-state index contributed by atoms with van der Waals surface area (Å²) in [6.45, 7) is 7.12. The molecule has 0 aliphatic rings. The molecule has 0 saturated heterocycles. The molecule has 2 aromatic rings. The van der Waals surface area contributed by atoms with E-state index in [0.29, 0.717) is 23.4 Å². The number of rotatable bonds is 6. The molecule has 0 radical (unpaired) electrons. The van der Waals surface area contributed by atoms with Gasteiger partial charge in [0.1, 0.15) is 5.75 Å². The maximum Gasteiger partial charge on any atom is 0.412 e. The Morgan fingerprint density at radius 3 is 2.52 bits per heavy atom. The van der Waals surface area contributed by atoms with E-state index in [2.05, 4.69) is 17.2 Å². The topological polar surface area (TPSA) is 67.4 Å². The molecule has 0 aliphatic heterocycles. The summed E-state index contributed by atoms with van der Waals surface area (Å²) in [5.41, 5.74) is 2.08. The molecule has 2 amide bonds. The quantitative estimate of drug-likeness (QED) is 0.785. The minimum atomic E-state index is -0.535. The predicted octanol–water partition coefficient (Wildman–Crippen LogP) is 3.92. The Balaban J connectivity index is 1.89. The van der Waals surface area contributed by atoms with Crippen molar-refractivity contribution in [2.24, 2.45) is 0 Å². The molecule has 2 N–H and O–H groups in total. The molecule has 0 aliphatic carbocycles. The summed E-state index contributed by atoms with van der Waals surface area (Å²) >= 11 is 0. The van der Waals surface area contributed by atoms with Crippen LogP contribution in [0.5, 0.6) is 5.75 Å². The van der Waals surface area contributed by atoms with Gasteiger partial charge in [0, 0.05) is 23.4 Å². The van der Waals surface area contributed by atoms with Crippen LogP contribution in [0.25, 0.3) is 0 Å². The van der Waals surface area contributed by atoms with Crippen LogP contribution >= 0.6 is 0 Å². The number of amides is 2. The van der Waals surface area contributed by atoms with Gasteiger partial charge in [-0.25, -0.2) is 4.79 Å². The molecule has 1 unspecified atom stereocenters. The highest BCUT2D eigenvalue weighted by atomic mass is 16.6. The molecule has 0 fully saturated rings. The second-order valence-corrected chi connectivity index (χ2v) is 5.89. The third-order valence-corrected chi connectivity index (χ3v) is 3.44. The lowest BCUT2D eigenvalue weighted by Gasteiger charge is -2.14. The first-order valence-corrected chi connectivity index (χ1v) is 8.03. The molecule has 25 heavy (non-hydrogen) atoms. The molecular formula is C20H22N2O3. The monoisotopic (exact) mass is 338 g/mol. The molecule has 0 saturated carbocycles. The zero-order valence-electron chi connectivity index (χ0n) is 14.4. The molecule has 5 nitrogen and oxygen atoms in total. The maximum absolute atomic E-state index is 12.0. The number of carbonyl (C=O) groups excluding carboxylic acids is 2. The van der Waals surface area contributed by atoms with Gasteiger partial charge in [0.2, 0.25) is 0 Å². The van der Waals surface area contributed by atoms with Gasteiger partial charge >= 0.3 is 6.09 Å². The van der Waals surface area contributed by atoms with Gasteiger partial charge in [-0.2, -0.15) is 0 Å². The Bertz CT molecular complexity index is 757. The molecule has 5 heteroatoms. The van der Waals surface area contributed by atoms with E-state index in [4.69, 9.17) is 4.74 Å². The first-order chi connectivity index (χ1) is 11.9. The first-order valence-electron chi connectivity index (χ1n) is 8.03. The lowest BCUT2D eigenvalue weighted by molar-refractivity contribution is -0.112. The highest BCUT2D eigenvalue weighted by Crippen LogP contribution is 2.18. The summed E-state index contributed by atoms with van der Waals surface area (Å²) < 4.78 is 5.28. The van der Waals surface area contributed by atoms with Crippen LogP contribution in [0.4, 0.5) is 10.5 Å². The Kier molecular flexibility index (Phi) is 6.34. The normalized spacial score (nSPS) is 11.3. The molecule has 0 bridgehead atoms. The van der Waals surface area contributed by atoms with Gasteiger partial charge in [0.15, 0.2) is 0 Å². The van der Waals surface area contributed by atoms with Crippen molar-refractivity contribution in [3.8, 4) is 5.75 Å². The number of hydrogen-bond donors (Lipinski definition) is 2. The van der Waals surface area contributed by atoms with E-state index in [0.717, 1.165) is 5.56 Å². The zero-order chi connectivity index (χ0) is 18.2. The van der Waals surface area contributed by atoms with Crippen molar-refractivity contribution in [2.75, 3.05) is 5.32 Å². The van der Waals surface area contributed by atoms with Crippen LogP contribution in [-0.2, 0) is 11.2 Å². The molecule has 2 aromatic carbocycles. The molecular weight excluding hydrogens is 316 g/mol. The number of nitrogens with one attached hydrogen (secondary N) is 2. The van der Waals surface area contributed by atoms with Crippen molar-refractivity contribution < 1.29 is 14.3 Å². The number of carbonyl (C=O) groups is 2. The average Bonchev–Trinajstić information content (AvgIpc) is 2.55. The van der Waals surface area contributed by atoms with Crippen molar-refractivity contribution in [1.29, 1.82) is 0 Å². The van der Waals surface area contributed by atoms with Crippen LogP contribution < -0.4 is 15.4 Å². The second kappa shape index (κ2) is 8.68. The van der Waals surface area contributed by atoms with Crippen LogP contribution in [-0.4, -0.2) is 18.0 Å². The van der Waals surface area contributed by atoms with Gasteiger partial charge in [-0.15, -0.1) is 0 Å². The smallest absolute Gasteiger partial charge is 0.410 e. The van der Waals surface area contributed by atoms with E-state index in [1.54, 1.807) is 31.2 Å². The lowest BCUT2D eigenvalue weighted by atomic mass is 10.1. The number of ether oxygens (including phenoxy) is 1. The van der Waals surface area contributed by atoms with Crippen molar-refractivity contribution in [3.05, 3.63) is 72.3 Å². The predicted molar refractivity (Wildman–Crippen MR) is 98.7 cm³/mol. The number of hydrogen-bond acceptors (Lipinski definition) is 3. The Labute approximate surface area is 147 Å². The third-order valence-electron chi connectivity index (χ3n) is 3.44. The summed E-state index contributed by atoms with van der Waals surface area (Å²) in [6.07, 6.45) is 0.178. The Morgan fingerprint density at radius 2 is 1.84 bits per heavy atom. The minimum Gasteiger partial charge on any atom is -0.410 e. The average molecular weight is 338 g/mol. The summed E-state index contributed by atoms with van der Waals surface area (Å²) in [6, 6.07) is 16.5. The SMILES string of the molecule is C=C(C)C(=O)Nc1cccc(OC(=O)NC(C)Cc2ccccc2)c1. The molecule has 0 spiro atoms. The summed E-state index contributed by atoms with van der Waals surface area (Å²) in [5.74, 6) is 0.0713. The fraction of sp³-hybridized carbons (Fsp3) is 0.200. The highest BCUT2D eigenvalue weighted by molar-refractivity contribution is 6.02. The van der Waals surface area contributed by atoms with Crippen molar-refractivity contribution in [3.63, 3.8) is 0 Å². The van der Waals surface area contributed by atoms with Crippen LogP contribution in [0.3, 0.4) is 0 Å². The fourth-order valence-electron chi connectivity index (χ4n) is 2.23. The van der Waals surface area contributed by atoms with E-state index in [9.17, 15) is 9.59 Å². The van der Waals surface area contributed by atoms with Crippen LogP contribution in [0.1, 0.15) is 19.4 Å². The summed E-state index contributed by atoms with van der Waals surface area (Å²) in [5, 5.41) is 5.47. The van der Waals surface area contributed by atoms with Gasteiger partial charge < -0.3 is 15.4 Å². The summed E-state index contributed by atoms with van der Waals surface area (Å²) in [4.78, 5) is 23.7. The zero-order valence-corrected chi connectivity index (χ0v) is 14.4. The Morgan fingerprint density at radius 1 is 1.12 bits per heavy atom. The van der Waals surface area contributed by atoms with E-state index in [1.165, 1.54) is 0 Å². The second-order valence-electron chi connectivity index (χ2n) is 5.89. The van der Waals surface area contributed by atoms with Gasteiger partial charge in [-0.05, 0) is 38.0 Å². The number of benzene rings is 2. The molecule has 2 rings (SSSR count). The van der Waals surface area contributed by atoms with Crippen LogP contribution in [0.2, 0.25) is 0 Å². The van der Waals surface area contributed by atoms with Crippen LogP contribution in [0, 0.1) is 0 Å². The van der Waals surface area contributed by atoms with Crippen molar-refractivity contribution in [2.45, 2.75) is 26.3 Å². The minimum absolute atomic E-state index is 0.0683. The molecule has 0 aromatic heterocycles. The lowest BCUT2D eigenvalue weighted by Crippen LogP contribution is -2.36. The van der Waals surface area contributed by atoms with Gasteiger partial charge in [-0.1, -0.05) is 43.0 Å². The maximum atomic E-state index is 12.0. The van der Waals surface area contributed by atoms with E-state index in [-0.39, 0.29) is 11.9 Å². The van der Waals surface area contributed by atoms with E-state index in [1.807, 2.05) is 37.3 Å². The molecule has 0 heterocycles.